The SMILES string of the molecule is CC1=N/C=C(/C(F)(F)F)CC/C=C\1. The molecule has 13 heavy (non-hydrogen) atoms. The van der Waals surface area contributed by atoms with Crippen molar-refractivity contribution in [3.8, 4) is 0 Å². The molecule has 0 spiro atoms. The molecule has 0 saturated heterocycles. The van der Waals surface area contributed by atoms with E-state index in [1.54, 1.807) is 19.1 Å². The summed E-state index contributed by atoms with van der Waals surface area (Å²) in [4.78, 5) is 3.68. The largest absolute Gasteiger partial charge is 0.414 e. The van der Waals surface area contributed by atoms with Gasteiger partial charge in [-0.15, -0.1) is 0 Å². The minimum Gasteiger partial charge on any atom is -0.261 e. The third kappa shape index (κ3) is 3.05. The first-order valence-corrected chi connectivity index (χ1v) is 3.97. The summed E-state index contributed by atoms with van der Waals surface area (Å²) in [5.74, 6) is 0. The van der Waals surface area contributed by atoms with Gasteiger partial charge in [-0.1, -0.05) is 6.08 Å². The third-order valence-electron chi connectivity index (χ3n) is 1.73. The Labute approximate surface area is 74.7 Å². The molecule has 1 rings (SSSR count). The summed E-state index contributed by atoms with van der Waals surface area (Å²) in [6.45, 7) is 1.67. The van der Waals surface area contributed by atoms with Gasteiger partial charge in [0.15, 0.2) is 0 Å². The van der Waals surface area contributed by atoms with Crippen molar-refractivity contribution in [3.63, 3.8) is 0 Å². The van der Waals surface area contributed by atoms with Gasteiger partial charge in [-0.3, -0.25) is 4.99 Å². The van der Waals surface area contributed by atoms with E-state index in [2.05, 4.69) is 4.99 Å². The van der Waals surface area contributed by atoms with Crippen LogP contribution in [0.4, 0.5) is 13.2 Å². The molecule has 1 aliphatic heterocycles. The molecule has 72 valence electrons. The van der Waals surface area contributed by atoms with Gasteiger partial charge in [0, 0.05) is 11.9 Å². The second-order valence-electron chi connectivity index (χ2n) is 2.86. The van der Waals surface area contributed by atoms with Crippen LogP contribution in [0.5, 0.6) is 0 Å². The van der Waals surface area contributed by atoms with Crippen molar-refractivity contribution in [2.45, 2.75) is 25.9 Å². The Morgan fingerprint density at radius 1 is 1.38 bits per heavy atom. The number of hydrogen-bond donors (Lipinski definition) is 0. The summed E-state index contributed by atoms with van der Waals surface area (Å²) in [6.07, 6.45) is 0.532. The fourth-order valence-electron chi connectivity index (χ4n) is 0.995. The van der Waals surface area contributed by atoms with E-state index in [-0.39, 0.29) is 6.42 Å². The van der Waals surface area contributed by atoms with Crippen molar-refractivity contribution < 1.29 is 13.2 Å². The summed E-state index contributed by atoms with van der Waals surface area (Å²) >= 11 is 0. The zero-order valence-electron chi connectivity index (χ0n) is 7.23. The van der Waals surface area contributed by atoms with Crippen LogP contribution in [-0.4, -0.2) is 11.9 Å². The maximum atomic E-state index is 12.2. The lowest BCUT2D eigenvalue weighted by atomic mass is 10.1. The Bertz CT molecular complexity index is 271. The standard InChI is InChI=1S/C9H10F3N/c1-7-4-2-3-5-8(6-13-7)9(10,11)12/h2,4,6H,3,5H2,1H3/b4-2-,8-6+,13-7-. The van der Waals surface area contributed by atoms with E-state index in [0.29, 0.717) is 12.1 Å². The van der Waals surface area contributed by atoms with Crippen LogP contribution in [-0.2, 0) is 0 Å². The van der Waals surface area contributed by atoms with Crippen LogP contribution in [0, 0.1) is 0 Å². The lowest BCUT2D eigenvalue weighted by Crippen LogP contribution is -2.12. The van der Waals surface area contributed by atoms with E-state index in [1.165, 1.54) is 0 Å². The van der Waals surface area contributed by atoms with Crippen molar-refractivity contribution in [3.05, 3.63) is 23.9 Å². The molecule has 1 nitrogen and oxygen atoms in total. The first-order valence-electron chi connectivity index (χ1n) is 3.97. The highest BCUT2D eigenvalue weighted by Crippen LogP contribution is 2.29. The van der Waals surface area contributed by atoms with Crippen LogP contribution < -0.4 is 0 Å². The predicted octanol–water partition coefficient (Wildman–Crippen LogP) is 3.24. The molecule has 1 heterocycles. The summed E-state index contributed by atoms with van der Waals surface area (Å²) in [6, 6.07) is 0. The molecule has 0 unspecified atom stereocenters. The molecule has 0 saturated carbocycles. The van der Waals surface area contributed by atoms with E-state index >= 15 is 0 Å². The second kappa shape index (κ2) is 3.77. The number of alkyl halides is 3. The van der Waals surface area contributed by atoms with Gasteiger partial charge >= 0.3 is 6.18 Å². The molecule has 0 aromatic heterocycles. The monoisotopic (exact) mass is 189 g/mol. The Morgan fingerprint density at radius 2 is 2.08 bits per heavy atom. The molecule has 0 amide bonds. The van der Waals surface area contributed by atoms with Crippen molar-refractivity contribution in [1.82, 2.24) is 0 Å². The number of nitrogens with zero attached hydrogens (tertiary/aromatic N) is 1. The second-order valence-corrected chi connectivity index (χ2v) is 2.86. The number of aliphatic imine (C=N–C) groups is 1. The van der Waals surface area contributed by atoms with Gasteiger partial charge in [0.05, 0.1) is 5.57 Å². The van der Waals surface area contributed by atoms with Crippen LogP contribution in [0.15, 0.2) is 28.9 Å². The Kier molecular flexibility index (Phi) is 2.90. The maximum absolute atomic E-state index is 12.2. The summed E-state index contributed by atoms with van der Waals surface area (Å²) in [5, 5.41) is 0. The van der Waals surface area contributed by atoms with Crippen LogP contribution >= 0.6 is 0 Å². The lowest BCUT2D eigenvalue weighted by molar-refractivity contribution is -0.0940. The van der Waals surface area contributed by atoms with Gasteiger partial charge in [0.25, 0.3) is 0 Å². The molecule has 1 aliphatic rings. The number of allylic oxidation sites excluding steroid dienone is 3. The van der Waals surface area contributed by atoms with Crippen molar-refractivity contribution in [1.29, 1.82) is 0 Å². The minimum absolute atomic E-state index is 0.0107. The molecular formula is C9H10F3N. The summed E-state index contributed by atoms with van der Waals surface area (Å²) in [5.41, 5.74) is 0.0395. The Hall–Kier alpha value is -1.06. The predicted molar refractivity (Wildman–Crippen MR) is 45.6 cm³/mol. The molecule has 0 aliphatic carbocycles. The highest BCUT2D eigenvalue weighted by atomic mass is 19.4. The first-order chi connectivity index (χ1) is 6.00. The summed E-state index contributed by atoms with van der Waals surface area (Å²) in [7, 11) is 0. The average Bonchev–Trinajstić information content (AvgIpc) is 1.94. The fourth-order valence-corrected chi connectivity index (χ4v) is 0.995. The highest BCUT2D eigenvalue weighted by molar-refractivity contribution is 5.93. The molecule has 0 bridgehead atoms. The first kappa shape index (κ1) is 10.0. The topological polar surface area (TPSA) is 12.4 Å². The number of hydrogen-bond acceptors (Lipinski definition) is 1. The number of rotatable bonds is 0. The van der Waals surface area contributed by atoms with E-state index < -0.39 is 11.7 Å². The van der Waals surface area contributed by atoms with E-state index in [0.717, 1.165) is 6.20 Å². The molecule has 0 aromatic carbocycles. The normalized spacial score (nSPS) is 29.2. The Balaban J connectivity index is 2.88. The molecule has 0 aromatic rings. The summed E-state index contributed by atoms with van der Waals surface area (Å²) < 4.78 is 36.7. The lowest BCUT2D eigenvalue weighted by Gasteiger charge is -2.10. The third-order valence-corrected chi connectivity index (χ3v) is 1.73. The molecular weight excluding hydrogens is 179 g/mol. The number of halogens is 3. The van der Waals surface area contributed by atoms with E-state index in [1.807, 2.05) is 0 Å². The molecule has 4 heteroatoms. The fraction of sp³-hybridized carbons (Fsp3) is 0.444. The van der Waals surface area contributed by atoms with Gasteiger partial charge in [-0.2, -0.15) is 13.2 Å². The maximum Gasteiger partial charge on any atom is 0.414 e. The average molecular weight is 189 g/mol. The van der Waals surface area contributed by atoms with Crippen molar-refractivity contribution >= 4 is 5.71 Å². The van der Waals surface area contributed by atoms with Crippen molar-refractivity contribution in [2.75, 3.05) is 0 Å². The molecule has 0 fully saturated rings. The van der Waals surface area contributed by atoms with Gasteiger partial charge in [-0.05, 0) is 25.8 Å². The van der Waals surface area contributed by atoms with E-state index in [9.17, 15) is 13.2 Å². The van der Waals surface area contributed by atoms with Gasteiger partial charge in [0.1, 0.15) is 0 Å². The van der Waals surface area contributed by atoms with Gasteiger partial charge < -0.3 is 0 Å². The zero-order valence-corrected chi connectivity index (χ0v) is 7.23. The Morgan fingerprint density at radius 3 is 2.69 bits per heavy atom. The van der Waals surface area contributed by atoms with Crippen LogP contribution in [0.2, 0.25) is 0 Å². The molecule has 0 radical (unpaired) electrons. The molecule has 0 atom stereocenters. The van der Waals surface area contributed by atoms with Crippen LogP contribution in [0.25, 0.3) is 0 Å². The van der Waals surface area contributed by atoms with Gasteiger partial charge in [0.2, 0.25) is 0 Å². The van der Waals surface area contributed by atoms with Gasteiger partial charge in [-0.25, -0.2) is 0 Å². The van der Waals surface area contributed by atoms with E-state index in [4.69, 9.17) is 0 Å². The van der Waals surface area contributed by atoms with Crippen LogP contribution in [0.1, 0.15) is 19.8 Å². The minimum atomic E-state index is -4.24. The molecule has 0 N–H and O–H groups in total. The highest BCUT2D eigenvalue weighted by Gasteiger charge is 2.32. The zero-order chi connectivity index (χ0) is 9.90. The quantitative estimate of drug-likeness (QED) is 0.554. The smallest absolute Gasteiger partial charge is 0.261 e. The van der Waals surface area contributed by atoms with Crippen molar-refractivity contribution in [2.24, 2.45) is 4.99 Å². The van der Waals surface area contributed by atoms with Crippen LogP contribution in [0.3, 0.4) is 0 Å².